The standard InChI is InChI=1S/C17H25N/c1-15(2)17(18-13-7-4-8-14-18)12-11-16-9-5-3-6-10-16/h3,5-6,9-10H,4,7-8,11-14H2,1-2H3. The molecule has 0 amide bonds. The Balaban J connectivity index is 1.97. The van der Waals surface area contributed by atoms with Gasteiger partial charge in [-0.3, -0.25) is 0 Å². The van der Waals surface area contributed by atoms with Crippen LogP contribution in [0, 0.1) is 0 Å². The minimum absolute atomic E-state index is 1.16. The highest BCUT2D eigenvalue weighted by atomic mass is 15.1. The lowest BCUT2D eigenvalue weighted by atomic mass is 10.0. The molecule has 0 N–H and O–H groups in total. The third-order valence-electron chi connectivity index (χ3n) is 3.81. The van der Waals surface area contributed by atoms with E-state index in [2.05, 4.69) is 49.1 Å². The maximum atomic E-state index is 2.61. The summed E-state index contributed by atoms with van der Waals surface area (Å²) in [5.74, 6) is 0. The molecule has 1 saturated heterocycles. The number of hydrogen-bond donors (Lipinski definition) is 0. The van der Waals surface area contributed by atoms with Crippen LogP contribution in [0.1, 0.15) is 45.1 Å². The van der Waals surface area contributed by atoms with Crippen molar-refractivity contribution in [3.05, 3.63) is 47.2 Å². The van der Waals surface area contributed by atoms with E-state index in [4.69, 9.17) is 0 Å². The van der Waals surface area contributed by atoms with E-state index in [9.17, 15) is 0 Å². The highest BCUT2D eigenvalue weighted by molar-refractivity contribution is 5.18. The largest absolute Gasteiger partial charge is 0.375 e. The Morgan fingerprint density at radius 2 is 1.67 bits per heavy atom. The van der Waals surface area contributed by atoms with E-state index in [1.165, 1.54) is 49.9 Å². The van der Waals surface area contributed by atoms with Crippen molar-refractivity contribution in [2.75, 3.05) is 13.1 Å². The van der Waals surface area contributed by atoms with Gasteiger partial charge in [0.25, 0.3) is 0 Å². The lowest BCUT2D eigenvalue weighted by Gasteiger charge is -2.32. The van der Waals surface area contributed by atoms with Gasteiger partial charge in [0, 0.05) is 18.8 Å². The molecule has 1 aromatic carbocycles. The molecule has 1 fully saturated rings. The summed E-state index contributed by atoms with van der Waals surface area (Å²) in [6.07, 6.45) is 6.49. The highest BCUT2D eigenvalue weighted by Gasteiger charge is 2.14. The Hall–Kier alpha value is -1.24. The quantitative estimate of drug-likeness (QED) is 0.757. The Kier molecular flexibility index (Phi) is 4.86. The number of allylic oxidation sites excluding steroid dienone is 2. The Bertz CT molecular complexity index is 381. The number of aryl methyl sites for hydroxylation is 1. The molecule has 18 heavy (non-hydrogen) atoms. The zero-order valence-corrected chi connectivity index (χ0v) is 11.8. The highest BCUT2D eigenvalue weighted by Crippen LogP contribution is 2.21. The van der Waals surface area contributed by atoms with Crippen LogP contribution in [-0.2, 0) is 6.42 Å². The minimum atomic E-state index is 1.16. The summed E-state index contributed by atoms with van der Waals surface area (Å²) >= 11 is 0. The molecular weight excluding hydrogens is 218 g/mol. The second-order valence-electron chi connectivity index (χ2n) is 5.48. The Labute approximate surface area is 112 Å². The van der Waals surface area contributed by atoms with Crippen LogP contribution in [0.2, 0.25) is 0 Å². The lowest BCUT2D eigenvalue weighted by Crippen LogP contribution is -2.30. The monoisotopic (exact) mass is 243 g/mol. The minimum Gasteiger partial charge on any atom is -0.375 e. The maximum absolute atomic E-state index is 2.61. The predicted octanol–water partition coefficient (Wildman–Crippen LogP) is 4.40. The van der Waals surface area contributed by atoms with Crippen molar-refractivity contribution in [2.24, 2.45) is 0 Å². The average Bonchev–Trinajstić information content (AvgIpc) is 2.41. The van der Waals surface area contributed by atoms with Crippen molar-refractivity contribution >= 4 is 0 Å². The van der Waals surface area contributed by atoms with Gasteiger partial charge >= 0.3 is 0 Å². The van der Waals surface area contributed by atoms with E-state index in [0.717, 1.165) is 6.42 Å². The fourth-order valence-corrected chi connectivity index (χ4v) is 2.80. The molecule has 2 rings (SSSR count). The van der Waals surface area contributed by atoms with Crippen molar-refractivity contribution < 1.29 is 0 Å². The van der Waals surface area contributed by atoms with Gasteiger partial charge in [0.1, 0.15) is 0 Å². The second-order valence-corrected chi connectivity index (χ2v) is 5.48. The summed E-state index contributed by atoms with van der Waals surface area (Å²) in [6, 6.07) is 10.8. The van der Waals surface area contributed by atoms with Gasteiger partial charge in [-0.25, -0.2) is 0 Å². The van der Waals surface area contributed by atoms with E-state index < -0.39 is 0 Å². The van der Waals surface area contributed by atoms with Gasteiger partial charge in [0.15, 0.2) is 0 Å². The van der Waals surface area contributed by atoms with Crippen LogP contribution < -0.4 is 0 Å². The topological polar surface area (TPSA) is 3.24 Å². The summed E-state index contributed by atoms with van der Waals surface area (Å²) < 4.78 is 0. The molecule has 0 atom stereocenters. The number of piperidine rings is 1. The molecule has 0 unspecified atom stereocenters. The average molecular weight is 243 g/mol. The number of nitrogens with zero attached hydrogens (tertiary/aromatic N) is 1. The van der Waals surface area contributed by atoms with Crippen LogP contribution in [0.4, 0.5) is 0 Å². The first-order chi connectivity index (χ1) is 8.77. The summed E-state index contributed by atoms with van der Waals surface area (Å²) in [7, 11) is 0. The van der Waals surface area contributed by atoms with Gasteiger partial charge in [-0.2, -0.15) is 0 Å². The predicted molar refractivity (Wildman–Crippen MR) is 78.6 cm³/mol. The van der Waals surface area contributed by atoms with Gasteiger partial charge in [-0.05, 0) is 51.5 Å². The van der Waals surface area contributed by atoms with Gasteiger partial charge < -0.3 is 4.90 Å². The molecule has 1 nitrogen and oxygen atoms in total. The third-order valence-corrected chi connectivity index (χ3v) is 3.81. The van der Waals surface area contributed by atoms with Crippen molar-refractivity contribution in [3.63, 3.8) is 0 Å². The molecular formula is C17H25N. The molecule has 1 heteroatoms. The third kappa shape index (κ3) is 3.63. The maximum Gasteiger partial charge on any atom is 0.0175 e. The molecule has 0 aromatic heterocycles. The smallest absolute Gasteiger partial charge is 0.0175 e. The molecule has 1 aliphatic heterocycles. The lowest BCUT2D eigenvalue weighted by molar-refractivity contribution is 0.274. The van der Waals surface area contributed by atoms with Crippen molar-refractivity contribution in [1.29, 1.82) is 0 Å². The molecule has 0 radical (unpaired) electrons. The van der Waals surface area contributed by atoms with Crippen LogP contribution in [0.25, 0.3) is 0 Å². The van der Waals surface area contributed by atoms with E-state index >= 15 is 0 Å². The normalized spacial score (nSPS) is 15.6. The van der Waals surface area contributed by atoms with Crippen LogP contribution >= 0.6 is 0 Å². The molecule has 0 bridgehead atoms. The molecule has 98 valence electrons. The SMILES string of the molecule is CC(C)=C(CCc1ccccc1)N1CCCCC1. The van der Waals surface area contributed by atoms with E-state index in [1.54, 1.807) is 5.70 Å². The van der Waals surface area contributed by atoms with Crippen LogP contribution in [0.3, 0.4) is 0 Å². The first-order valence-corrected chi connectivity index (χ1v) is 7.22. The fourth-order valence-electron chi connectivity index (χ4n) is 2.80. The fraction of sp³-hybridized carbons (Fsp3) is 0.529. The number of rotatable bonds is 4. The van der Waals surface area contributed by atoms with Gasteiger partial charge in [0.2, 0.25) is 0 Å². The number of likely N-dealkylation sites (tertiary alicyclic amines) is 1. The van der Waals surface area contributed by atoms with Gasteiger partial charge in [-0.1, -0.05) is 35.9 Å². The molecule has 1 aromatic rings. The van der Waals surface area contributed by atoms with E-state index in [1.807, 2.05) is 0 Å². The van der Waals surface area contributed by atoms with Gasteiger partial charge in [-0.15, -0.1) is 0 Å². The summed E-state index contributed by atoms with van der Waals surface area (Å²) in [5.41, 5.74) is 4.53. The molecule has 1 heterocycles. The first-order valence-electron chi connectivity index (χ1n) is 7.22. The van der Waals surface area contributed by atoms with Crippen molar-refractivity contribution in [1.82, 2.24) is 4.90 Å². The summed E-state index contributed by atoms with van der Waals surface area (Å²) in [5, 5.41) is 0. The first kappa shape index (κ1) is 13.2. The van der Waals surface area contributed by atoms with Crippen LogP contribution in [0.5, 0.6) is 0 Å². The Morgan fingerprint density at radius 1 is 1.00 bits per heavy atom. The zero-order chi connectivity index (χ0) is 12.8. The van der Waals surface area contributed by atoms with Gasteiger partial charge in [0.05, 0.1) is 0 Å². The molecule has 1 aliphatic rings. The zero-order valence-electron chi connectivity index (χ0n) is 11.8. The van der Waals surface area contributed by atoms with Crippen molar-refractivity contribution in [2.45, 2.75) is 46.0 Å². The van der Waals surface area contributed by atoms with E-state index in [-0.39, 0.29) is 0 Å². The van der Waals surface area contributed by atoms with Crippen LogP contribution in [0.15, 0.2) is 41.6 Å². The summed E-state index contributed by atoms with van der Waals surface area (Å²) in [6.45, 7) is 7.04. The van der Waals surface area contributed by atoms with Crippen LogP contribution in [-0.4, -0.2) is 18.0 Å². The van der Waals surface area contributed by atoms with E-state index in [0.29, 0.717) is 0 Å². The number of hydrogen-bond acceptors (Lipinski definition) is 1. The molecule has 0 spiro atoms. The van der Waals surface area contributed by atoms with Crippen molar-refractivity contribution in [3.8, 4) is 0 Å². The molecule has 0 aliphatic carbocycles. The number of benzene rings is 1. The summed E-state index contributed by atoms with van der Waals surface area (Å²) in [4.78, 5) is 2.61. The second kappa shape index (κ2) is 6.63. The Morgan fingerprint density at radius 3 is 2.28 bits per heavy atom. The molecule has 0 saturated carbocycles.